The van der Waals surface area contributed by atoms with E-state index in [-0.39, 0.29) is 5.56 Å². The van der Waals surface area contributed by atoms with Gasteiger partial charge in [-0.1, -0.05) is 13.3 Å². The first-order valence-corrected chi connectivity index (χ1v) is 6.60. The number of nitrogens with zero attached hydrogens (tertiary/aromatic N) is 2. The van der Waals surface area contributed by atoms with E-state index in [2.05, 4.69) is 28.7 Å². The van der Waals surface area contributed by atoms with E-state index < -0.39 is 0 Å². The predicted molar refractivity (Wildman–Crippen MR) is 69.6 cm³/mol. The van der Waals surface area contributed by atoms with Gasteiger partial charge in [0.25, 0.3) is 5.56 Å². The van der Waals surface area contributed by atoms with E-state index in [0.717, 1.165) is 50.4 Å². The second kappa shape index (κ2) is 5.34. The zero-order chi connectivity index (χ0) is 12.3. The molecule has 1 aliphatic carbocycles. The molecule has 0 amide bonds. The fourth-order valence-corrected chi connectivity index (χ4v) is 1.96. The summed E-state index contributed by atoms with van der Waals surface area (Å²) in [6, 6.07) is 1.62. The quantitative estimate of drug-likeness (QED) is 0.823. The fraction of sp³-hybridized carbons (Fsp3) is 0.692. The summed E-state index contributed by atoms with van der Waals surface area (Å²) in [5.74, 6) is 2.21. The number of rotatable bonds is 6. The molecule has 0 radical (unpaired) electrons. The molecule has 0 aliphatic heterocycles. The molecule has 1 saturated carbocycles. The van der Waals surface area contributed by atoms with Gasteiger partial charge < -0.3 is 9.88 Å². The van der Waals surface area contributed by atoms with Gasteiger partial charge in [-0.25, -0.2) is 4.98 Å². The van der Waals surface area contributed by atoms with Crippen LogP contribution >= 0.6 is 0 Å². The minimum Gasteiger partial charge on any atom is -0.357 e. The van der Waals surface area contributed by atoms with Crippen LogP contribution < -0.4 is 10.5 Å². The summed E-state index contributed by atoms with van der Waals surface area (Å²) in [5.41, 5.74) is -0.0214. The molecule has 0 unspecified atom stereocenters. The average molecular weight is 235 g/mol. The predicted octanol–water partition coefficient (Wildman–Crippen LogP) is 2.27. The highest BCUT2D eigenvalue weighted by Crippen LogP contribution is 2.37. The van der Waals surface area contributed by atoms with Crippen molar-refractivity contribution < 1.29 is 0 Å². The Morgan fingerprint density at radius 1 is 1.47 bits per heavy atom. The number of aromatic nitrogens is 2. The molecule has 17 heavy (non-hydrogen) atoms. The van der Waals surface area contributed by atoms with Crippen molar-refractivity contribution in [1.29, 1.82) is 0 Å². The van der Waals surface area contributed by atoms with E-state index in [1.54, 1.807) is 6.07 Å². The molecule has 1 aliphatic rings. The number of unbranched alkanes of at least 4 members (excludes halogenated alkanes) is 1. The average Bonchev–Trinajstić information content (AvgIpc) is 3.13. The molecule has 0 aromatic carbocycles. The van der Waals surface area contributed by atoms with Crippen LogP contribution in [-0.2, 0) is 0 Å². The Morgan fingerprint density at radius 2 is 2.24 bits per heavy atom. The number of aromatic amines is 1. The summed E-state index contributed by atoms with van der Waals surface area (Å²) < 4.78 is 0. The van der Waals surface area contributed by atoms with E-state index in [1.165, 1.54) is 0 Å². The molecular formula is C13H21N3O. The first-order chi connectivity index (χ1) is 8.24. The van der Waals surface area contributed by atoms with Crippen LogP contribution in [0.1, 0.15) is 51.3 Å². The maximum atomic E-state index is 11.6. The largest absolute Gasteiger partial charge is 0.357 e. The molecule has 4 heteroatoms. The van der Waals surface area contributed by atoms with Gasteiger partial charge in [-0.05, 0) is 26.2 Å². The molecule has 0 bridgehead atoms. The van der Waals surface area contributed by atoms with Crippen molar-refractivity contribution in [2.75, 3.05) is 18.0 Å². The fourth-order valence-electron chi connectivity index (χ4n) is 1.96. The van der Waals surface area contributed by atoms with Crippen molar-refractivity contribution >= 4 is 5.82 Å². The second-order valence-electron chi connectivity index (χ2n) is 4.70. The SMILES string of the molecule is CCCCN(CC)c1cc(=O)[nH]c(C2CC2)n1. The van der Waals surface area contributed by atoms with Crippen molar-refractivity contribution in [3.05, 3.63) is 22.2 Å². The molecule has 1 aromatic heterocycles. The lowest BCUT2D eigenvalue weighted by atomic mass is 10.3. The lowest BCUT2D eigenvalue weighted by Crippen LogP contribution is -2.27. The van der Waals surface area contributed by atoms with Crippen LogP contribution in [0.2, 0.25) is 0 Å². The second-order valence-corrected chi connectivity index (χ2v) is 4.70. The van der Waals surface area contributed by atoms with Gasteiger partial charge in [0.05, 0.1) is 0 Å². The summed E-state index contributed by atoms with van der Waals surface area (Å²) in [6.45, 7) is 6.16. The maximum absolute atomic E-state index is 11.6. The molecule has 1 N–H and O–H groups in total. The molecule has 1 aromatic rings. The highest BCUT2D eigenvalue weighted by molar-refractivity contribution is 5.37. The normalized spacial score (nSPS) is 14.9. The first-order valence-electron chi connectivity index (χ1n) is 6.60. The molecule has 1 fully saturated rings. The number of hydrogen-bond acceptors (Lipinski definition) is 3. The Bertz CT molecular complexity index is 423. The molecule has 0 saturated heterocycles. The summed E-state index contributed by atoms with van der Waals surface area (Å²) in [4.78, 5) is 21.2. The molecule has 0 spiro atoms. The Hall–Kier alpha value is -1.32. The number of nitrogens with one attached hydrogen (secondary N) is 1. The summed E-state index contributed by atoms with van der Waals surface area (Å²) in [6.07, 6.45) is 4.62. The zero-order valence-electron chi connectivity index (χ0n) is 10.7. The van der Waals surface area contributed by atoms with Gasteiger partial charge in [0.1, 0.15) is 11.6 Å². The Kier molecular flexibility index (Phi) is 3.82. The van der Waals surface area contributed by atoms with Gasteiger partial charge in [-0.3, -0.25) is 4.79 Å². The molecule has 0 atom stereocenters. The lowest BCUT2D eigenvalue weighted by molar-refractivity contribution is 0.717. The summed E-state index contributed by atoms with van der Waals surface area (Å²) >= 11 is 0. The van der Waals surface area contributed by atoms with Crippen molar-refractivity contribution in [2.24, 2.45) is 0 Å². The molecule has 4 nitrogen and oxygen atoms in total. The van der Waals surface area contributed by atoms with Gasteiger partial charge >= 0.3 is 0 Å². The van der Waals surface area contributed by atoms with Crippen LogP contribution in [0.4, 0.5) is 5.82 Å². The third kappa shape index (κ3) is 3.08. The Morgan fingerprint density at radius 3 is 2.82 bits per heavy atom. The minimum atomic E-state index is -0.0214. The molecule has 1 heterocycles. The number of hydrogen-bond donors (Lipinski definition) is 1. The molecule has 2 rings (SSSR count). The smallest absolute Gasteiger partial charge is 0.252 e. The van der Waals surface area contributed by atoms with Gasteiger partial charge in [-0.15, -0.1) is 0 Å². The maximum Gasteiger partial charge on any atom is 0.252 e. The van der Waals surface area contributed by atoms with Crippen molar-refractivity contribution in [3.63, 3.8) is 0 Å². The van der Waals surface area contributed by atoms with Gasteiger partial charge in [0.15, 0.2) is 0 Å². The first kappa shape index (κ1) is 12.1. The Labute approximate surface area is 102 Å². The van der Waals surface area contributed by atoms with E-state index in [0.29, 0.717) is 5.92 Å². The lowest BCUT2D eigenvalue weighted by Gasteiger charge is -2.21. The molecular weight excluding hydrogens is 214 g/mol. The third-order valence-corrected chi connectivity index (χ3v) is 3.20. The van der Waals surface area contributed by atoms with E-state index in [9.17, 15) is 4.79 Å². The van der Waals surface area contributed by atoms with Crippen LogP contribution in [0.3, 0.4) is 0 Å². The van der Waals surface area contributed by atoms with Gasteiger partial charge in [0.2, 0.25) is 0 Å². The minimum absolute atomic E-state index is 0.0214. The van der Waals surface area contributed by atoms with Crippen LogP contribution in [0, 0.1) is 0 Å². The van der Waals surface area contributed by atoms with Gasteiger partial charge in [0, 0.05) is 25.1 Å². The monoisotopic (exact) mass is 235 g/mol. The number of anilines is 1. The van der Waals surface area contributed by atoms with E-state index >= 15 is 0 Å². The van der Waals surface area contributed by atoms with Crippen LogP contribution in [0.15, 0.2) is 10.9 Å². The topological polar surface area (TPSA) is 49.0 Å². The van der Waals surface area contributed by atoms with Crippen LogP contribution in [0.5, 0.6) is 0 Å². The van der Waals surface area contributed by atoms with E-state index in [1.807, 2.05) is 0 Å². The summed E-state index contributed by atoms with van der Waals surface area (Å²) in [7, 11) is 0. The highest BCUT2D eigenvalue weighted by atomic mass is 16.1. The number of H-pyrrole nitrogens is 1. The van der Waals surface area contributed by atoms with Gasteiger partial charge in [-0.2, -0.15) is 0 Å². The zero-order valence-corrected chi connectivity index (χ0v) is 10.7. The van der Waals surface area contributed by atoms with Crippen molar-refractivity contribution in [2.45, 2.75) is 45.4 Å². The van der Waals surface area contributed by atoms with Crippen molar-refractivity contribution in [3.8, 4) is 0 Å². The van der Waals surface area contributed by atoms with E-state index in [4.69, 9.17) is 0 Å². The molecule has 94 valence electrons. The van der Waals surface area contributed by atoms with Crippen molar-refractivity contribution in [1.82, 2.24) is 9.97 Å². The highest BCUT2D eigenvalue weighted by Gasteiger charge is 2.26. The Balaban J connectivity index is 2.19. The van der Waals surface area contributed by atoms with Crippen LogP contribution in [0.25, 0.3) is 0 Å². The van der Waals surface area contributed by atoms with Crippen LogP contribution in [-0.4, -0.2) is 23.1 Å². The standard InChI is InChI=1S/C13H21N3O/c1-3-5-8-16(4-2)11-9-12(17)15-13(14-11)10-6-7-10/h9-10H,3-8H2,1-2H3,(H,14,15,17). The third-order valence-electron chi connectivity index (χ3n) is 3.20. The summed E-state index contributed by atoms with van der Waals surface area (Å²) in [5, 5.41) is 0.